The number of amides is 1. The molecule has 8 heteroatoms. The Kier molecular flexibility index (Phi) is 7.74. The Morgan fingerprint density at radius 3 is 2.27 bits per heavy atom. The molecular weight excluding hydrogens is 492 g/mol. The highest BCUT2D eigenvalue weighted by atomic mass is 35.5. The fraction of sp³-hybridized carbons (Fsp3) is 0.241. The smallest absolute Gasteiger partial charge is 0.300 e. The average Bonchev–Trinajstić information content (AvgIpc) is 3.19. The highest BCUT2D eigenvalue weighted by Crippen LogP contribution is 2.44. The van der Waals surface area contributed by atoms with Crippen LogP contribution >= 0.6 is 11.6 Å². The molecule has 1 saturated heterocycles. The summed E-state index contributed by atoms with van der Waals surface area (Å²) in [4.78, 5) is 30.4. The molecule has 3 aromatic rings. The lowest BCUT2D eigenvalue weighted by molar-refractivity contribution is -0.132. The molecule has 4 rings (SSSR count). The summed E-state index contributed by atoms with van der Waals surface area (Å²) >= 11 is 6.23. The summed E-state index contributed by atoms with van der Waals surface area (Å²) in [6, 6.07) is 18.4. The Balaban J connectivity index is 1.93. The minimum absolute atomic E-state index is 0.0379. The number of halogens is 1. The Morgan fingerprint density at radius 1 is 0.973 bits per heavy atom. The predicted octanol–water partition coefficient (Wildman–Crippen LogP) is 5.83. The SMILES string of the molecule is CCN(CC)c1ccc(C2/C(=C(/O)c3ccc(OC)cc3OC)C(=O)C(=O)N2c2cccc(Cl)c2)cc1. The monoisotopic (exact) mass is 520 g/mol. The fourth-order valence-corrected chi connectivity index (χ4v) is 4.82. The van der Waals surface area contributed by atoms with Gasteiger partial charge in [-0.05, 0) is 61.9 Å². The third kappa shape index (κ3) is 4.87. The number of hydrogen-bond acceptors (Lipinski definition) is 6. The molecule has 1 aliphatic heterocycles. The van der Waals surface area contributed by atoms with Crippen LogP contribution in [-0.2, 0) is 9.59 Å². The molecule has 0 spiro atoms. The minimum Gasteiger partial charge on any atom is -0.507 e. The number of aliphatic hydroxyl groups excluding tert-OH is 1. The van der Waals surface area contributed by atoms with E-state index >= 15 is 0 Å². The Bertz CT molecular complexity index is 1350. The van der Waals surface area contributed by atoms with Crippen molar-refractivity contribution in [3.63, 3.8) is 0 Å². The van der Waals surface area contributed by atoms with Gasteiger partial charge in [0.15, 0.2) is 0 Å². The second kappa shape index (κ2) is 11.0. The van der Waals surface area contributed by atoms with Crippen LogP contribution < -0.4 is 19.3 Å². The Morgan fingerprint density at radius 2 is 1.68 bits per heavy atom. The standard InChI is InChI=1S/C29H29ClN2O5/c1-5-31(6-2)20-12-10-18(11-13-20)26-25(27(33)23-15-14-22(36-3)17-24(23)37-4)28(34)29(35)32(26)21-9-7-8-19(30)16-21/h7-17,26,33H,5-6H2,1-4H3/b27-25-. The third-order valence-corrected chi connectivity index (χ3v) is 6.77. The highest BCUT2D eigenvalue weighted by molar-refractivity contribution is 6.51. The summed E-state index contributed by atoms with van der Waals surface area (Å²) in [5.41, 5.74) is 2.38. The summed E-state index contributed by atoms with van der Waals surface area (Å²) in [5, 5.41) is 11.9. The molecule has 1 amide bonds. The summed E-state index contributed by atoms with van der Waals surface area (Å²) in [5.74, 6) is -1.06. The molecule has 37 heavy (non-hydrogen) atoms. The normalized spacial score (nSPS) is 16.7. The topological polar surface area (TPSA) is 79.3 Å². The van der Waals surface area contributed by atoms with Crippen molar-refractivity contribution in [2.24, 2.45) is 0 Å². The van der Waals surface area contributed by atoms with Crippen molar-refractivity contribution in [2.45, 2.75) is 19.9 Å². The van der Waals surface area contributed by atoms with Crippen LogP contribution in [0.3, 0.4) is 0 Å². The molecular formula is C29H29ClN2O5. The first-order chi connectivity index (χ1) is 17.8. The Labute approximate surface area is 221 Å². The van der Waals surface area contributed by atoms with E-state index in [-0.39, 0.29) is 16.9 Å². The quantitative estimate of drug-likeness (QED) is 0.229. The van der Waals surface area contributed by atoms with Crippen LogP contribution in [0.25, 0.3) is 5.76 Å². The van der Waals surface area contributed by atoms with Crippen LogP contribution in [0.1, 0.15) is 31.0 Å². The summed E-state index contributed by atoms with van der Waals surface area (Å²) < 4.78 is 10.7. The van der Waals surface area contributed by atoms with Crippen molar-refractivity contribution in [3.05, 3.63) is 88.5 Å². The zero-order valence-corrected chi connectivity index (χ0v) is 22.0. The van der Waals surface area contributed by atoms with Crippen LogP contribution in [0.15, 0.2) is 72.3 Å². The lowest BCUT2D eigenvalue weighted by Gasteiger charge is -2.27. The van der Waals surface area contributed by atoms with E-state index in [1.165, 1.54) is 19.1 Å². The van der Waals surface area contributed by atoms with Crippen LogP contribution in [0.2, 0.25) is 5.02 Å². The molecule has 0 radical (unpaired) electrons. The maximum Gasteiger partial charge on any atom is 0.300 e. The van der Waals surface area contributed by atoms with Crippen LogP contribution in [0, 0.1) is 0 Å². The number of Topliss-reactive ketones (excluding diaryl/α,β-unsaturated/α-hetero) is 1. The molecule has 192 valence electrons. The van der Waals surface area contributed by atoms with Gasteiger partial charge in [-0.15, -0.1) is 0 Å². The molecule has 1 N–H and O–H groups in total. The number of ether oxygens (including phenoxy) is 2. The van der Waals surface area contributed by atoms with E-state index in [1.807, 2.05) is 24.3 Å². The first-order valence-corrected chi connectivity index (χ1v) is 12.4. The fourth-order valence-electron chi connectivity index (χ4n) is 4.64. The van der Waals surface area contributed by atoms with E-state index in [0.29, 0.717) is 27.8 Å². The van der Waals surface area contributed by atoms with Gasteiger partial charge < -0.3 is 19.5 Å². The van der Waals surface area contributed by atoms with E-state index in [4.69, 9.17) is 21.1 Å². The molecule has 0 saturated carbocycles. The van der Waals surface area contributed by atoms with Gasteiger partial charge in [-0.1, -0.05) is 29.8 Å². The molecule has 1 aliphatic rings. The lowest BCUT2D eigenvalue weighted by Crippen LogP contribution is -2.29. The molecule has 1 unspecified atom stereocenters. The molecule has 0 aliphatic carbocycles. The van der Waals surface area contributed by atoms with Gasteiger partial charge in [0.25, 0.3) is 11.7 Å². The van der Waals surface area contributed by atoms with E-state index in [1.54, 1.807) is 42.5 Å². The van der Waals surface area contributed by atoms with Gasteiger partial charge >= 0.3 is 0 Å². The summed E-state index contributed by atoms with van der Waals surface area (Å²) in [6.07, 6.45) is 0. The zero-order valence-electron chi connectivity index (χ0n) is 21.2. The van der Waals surface area contributed by atoms with Crippen molar-refractivity contribution >= 4 is 40.4 Å². The molecule has 1 fully saturated rings. The average molecular weight is 521 g/mol. The Hall–Kier alpha value is -3.97. The third-order valence-electron chi connectivity index (χ3n) is 6.53. The van der Waals surface area contributed by atoms with E-state index in [2.05, 4.69) is 18.7 Å². The zero-order chi connectivity index (χ0) is 26.7. The molecule has 0 bridgehead atoms. The number of nitrogens with zero attached hydrogens (tertiary/aromatic N) is 2. The number of ketones is 1. The molecule has 3 aromatic carbocycles. The predicted molar refractivity (Wildman–Crippen MR) is 146 cm³/mol. The van der Waals surface area contributed by atoms with Crippen molar-refractivity contribution < 1.29 is 24.2 Å². The minimum atomic E-state index is -0.879. The number of aliphatic hydroxyl groups is 1. The van der Waals surface area contributed by atoms with Gasteiger partial charge in [0.1, 0.15) is 17.3 Å². The summed E-state index contributed by atoms with van der Waals surface area (Å²) in [6.45, 7) is 5.84. The number of rotatable bonds is 8. The van der Waals surface area contributed by atoms with E-state index < -0.39 is 17.7 Å². The number of methoxy groups -OCH3 is 2. The molecule has 7 nitrogen and oxygen atoms in total. The van der Waals surface area contributed by atoms with E-state index in [9.17, 15) is 14.7 Å². The number of anilines is 2. The van der Waals surface area contributed by atoms with E-state index in [0.717, 1.165) is 18.8 Å². The molecule has 0 aromatic heterocycles. The summed E-state index contributed by atoms with van der Waals surface area (Å²) in [7, 11) is 2.98. The van der Waals surface area contributed by atoms with Crippen molar-refractivity contribution in [2.75, 3.05) is 37.1 Å². The molecule has 1 atom stereocenters. The van der Waals surface area contributed by atoms with Crippen LogP contribution in [0.5, 0.6) is 11.5 Å². The van der Waals surface area contributed by atoms with Gasteiger partial charge in [-0.2, -0.15) is 0 Å². The first-order valence-electron chi connectivity index (χ1n) is 12.0. The molecule has 1 heterocycles. The highest BCUT2D eigenvalue weighted by Gasteiger charge is 2.47. The largest absolute Gasteiger partial charge is 0.507 e. The van der Waals surface area contributed by atoms with Gasteiger partial charge in [-0.3, -0.25) is 14.5 Å². The van der Waals surface area contributed by atoms with Crippen molar-refractivity contribution in [3.8, 4) is 11.5 Å². The second-order valence-corrected chi connectivity index (χ2v) is 8.92. The van der Waals surface area contributed by atoms with Crippen molar-refractivity contribution in [1.29, 1.82) is 0 Å². The number of benzene rings is 3. The number of hydrogen-bond donors (Lipinski definition) is 1. The maximum atomic E-state index is 13.4. The number of carbonyl (C=O) groups is 2. The number of carbonyl (C=O) groups excluding carboxylic acids is 2. The van der Waals surface area contributed by atoms with Gasteiger partial charge in [0, 0.05) is 35.6 Å². The van der Waals surface area contributed by atoms with Crippen LogP contribution in [0.4, 0.5) is 11.4 Å². The lowest BCUT2D eigenvalue weighted by atomic mass is 9.94. The maximum absolute atomic E-state index is 13.4. The van der Waals surface area contributed by atoms with Gasteiger partial charge in [0.2, 0.25) is 0 Å². The van der Waals surface area contributed by atoms with Gasteiger partial charge in [-0.25, -0.2) is 0 Å². The van der Waals surface area contributed by atoms with Crippen LogP contribution in [-0.4, -0.2) is 44.1 Å². The first kappa shape index (κ1) is 26.1. The van der Waals surface area contributed by atoms with Gasteiger partial charge in [0.05, 0.1) is 31.4 Å². The second-order valence-electron chi connectivity index (χ2n) is 8.48. The van der Waals surface area contributed by atoms with Crippen molar-refractivity contribution in [1.82, 2.24) is 0 Å².